The number of carboxylic acid groups (broad SMARTS) is 2. The summed E-state index contributed by atoms with van der Waals surface area (Å²) in [5, 5.41) is 15.4. The second-order valence-corrected chi connectivity index (χ2v) is 3.06. The van der Waals surface area contributed by atoms with Crippen LogP contribution in [-0.4, -0.2) is 26.5 Å². The maximum absolute atomic E-state index is 9.97. The van der Waals surface area contributed by atoms with E-state index in [1.54, 1.807) is 0 Å². The summed E-state index contributed by atoms with van der Waals surface area (Å²) in [5.41, 5.74) is -4.43. The van der Waals surface area contributed by atoms with Crippen LogP contribution in [0.15, 0.2) is 0 Å². The van der Waals surface area contributed by atoms with Crippen molar-refractivity contribution in [3.8, 4) is 0 Å². The van der Waals surface area contributed by atoms with Gasteiger partial charge in [-0.25, -0.2) is 9.59 Å². The molecule has 9 heavy (non-hydrogen) atoms. The predicted molar refractivity (Wildman–Crippen MR) is 25.9 cm³/mol. The molecule has 0 rings (SSSR count). The van der Waals surface area contributed by atoms with Crippen molar-refractivity contribution in [2.75, 3.05) is 0 Å². The monoisotopic (exact) mass is 154 g/mol. The van der Waals surface area contributed by atoms with Crippen molar-refractivity contribution < 1.29 is 29.3 Å². The maximum atomic E-state index is 9.97. The van der Waals surface area contributed by atoms with Crippen molar-refractivity contribution in [1.29, 1.82) is 0 Å². The summed E-state index contributed by atoms with van der Waals surface area (Å²) >= 11 is 0. The molecule has 0 amide bonds. The van der Waals surface area contributed by atoms with Crippen LogP contribution < -0.4 is 0 Å². The van der Waals surface area contributed by atoms with E-state index >= 15 is 0 Å². The van der Waals surface area contributed by atoms with Crippen molar-refractivity contribution in [1.82, 2.24) is 0 Å². The van der Waals surface area contributed by atoms with Gasteiger partial charge in [-0.3, -0.25) is 4.57 Å². The predicted octanol–water partition coefficient (Wildman–Crippen LogP) is 0.613. The van der Waals surface area contributed by atoms with Crippen LogP contribution in [0.4, 0.5) is 9.59 Å². The minimum atomic E-state index is -5.00. The van der Waals surface area contributed by atoms with Gasteiger partial charge in [0.25, 0.3) is 0 Å². The van der Waals surface area contributed by atoms with E-state index < -0.39 is 18.8 Å². The fourth-order valence-electron chi connectivity index (χ4n) is 0.0818. The molecule has 0 unspecified atom stereocenters. The molecule has 0 bridgehead atoms. The first-order chi connectivity index (χ1) is 3.89. The molecule has 3 N–H and O–H groups in total. The SMILES string of the molecule is O=C(O)P(=O)(O)C(=O)O. The second-order valence-electron chi connectivity index (χ2n) is 1.14. The number of hydrogen-bond donors (Lipinski definition) is 3. The molecule has 0 aromatic carbocycles. The largest absolute Gasteiger partial charge is 0.474 e. The molecule has 0 aromatic heterocycles. The first-order valence-electron chi connectivity index (χ1n) is 1.69. The molecular weight excluding hydrogens is 151 g/mol. The van der Waals surface area contributed by atoms with Crippen LogP contribution in [0, 0.1) is 0 Å². The molecule has 0 saturated heterocycles. The van der Waals surface area contributed by atoms with E-state index in [9.17, 15) is 14.2 Å². The minimum absolute atomic E-state index is 2.21. The summed E-state index contributed by atoms with van der Waals surface area (Å²) in [5.74, 6) is 0. The van der Waals surface area contributed by atoms with Crippen LogP contribution in [0.5, 0.6) is 0 Å². The highest BCUT2D eigenvalue weighted by Crippen LogP contribution is 2.41. The molecule has 6 nitrogen and oxygen atoms in total. The molecule has 0 radical (unpaired) electrons. The highest BCUT2D eigenvalue weighted by atomic mass is 31.2. The van der Waals surface area contributed by atoms with Gasteiger partial charge in [0.2, 0.25) is 0 Å². The fraction of sp³-hybridized carbons (Fsp3) is 0. The van der Waals surface area contributed by atoms with E-state index in [0.717, 1.165) is 0 Å². The lowest BCUT2D eigenvalue weighted by Gasteiger charge is -1.95. The summed E-state index contributed by atoms with van der Waals surface area (Å²) in [4.78, 5) is 27.2. The third-order valence-electron chi connectivity index (χ3n) is 0.519. The van der Waals surface area contributed by atoms with Gasteiger partial charge in [-0.1, -0.05) is 0 Å². The van der Waals surface area contributed by atoms with Gasteiger partial charge in [0.15, 0.2) is 0 Å². The van der Waals surface area contributed by atoms with Gasteiger partial charge in [-0.05, 0) is 0 Å². The Morgan fingerprint density at radius 1 is 1.11 bits per heavy atom. The van der Waals surface area contributed by atoms with E-state index in [-0.39, 0.29) is 0 Å². The van der Waals surface area contributed by atoms with Gasteiger partial charge in [0.1, 0.15) is 0 Å². The molecule has 0 aliphatic heterocycles. The zero-order chi connectivity index (χ0) is 7.65. The lowest BCUT2D eigenvalue weighted by atomic mass is 11.6. The minimum Gasteiger partial charge on any atom is -0.474 e. The topological polar surface area (TPSA) is 112 Å². The summed E-state index contributed by atoms with van der Waals surface area (Å²) in [6.45, 7) is 0. The lowest BCUT2D eigenvalue weighted by Crippen LogP contribution is -2.03. The van der Waals surface area contributed by atoms with Crippen LogP contribution in [0.3, 0.4) is 0 Å². The van der Waals surface area contributed by atoms with Gasteiger partial charge in [0.05, 0.1) is 0 Å². The smallest absolute Gasteiger partial charge is 0.410 e. The Morgan fingerprint density at radius 2 is 1.33 bits per heavy atom. The average Bonchev–Trinajstić information content (AvgIpc) is 1.65. The zero-order valence-electron chi connectivity index (χ0n) is 4.01. The van der Waals surface area contributed by atoms with Crippen molar-refractivity contribution in [3.05, 3.63) is 0 Å². The van der Waals surface area contributed by atoms with Gasteiger partial charge in [-0.2, -0.15) is 0 Å². The van der Waals surface area contributed by atoms with Crippen molar-refractivity contribution in [2.45, 2.75) is 0 Å². The van der Waals surface area contributed by atoms with Crippen LogP contribution in [0.25, 0.3) is 0 Å². The Morgan fingerprint density at radius 3 is 1.33 bits per heavy atom. The Balaban J connectivity index is 4.61. The van der Waals surface area contributed by atoms with Crippen molar-refractivity contribution in [3.63, 3.8) is 0 Å². The second kappa shape index (κ2) is 2.16. The summed E-state index contributed by atoms with van der Waals surface area (Å²) in [6, 6.07) is 0. The Hall–Kier alpha value is -0.870. The number of carbonyl (C=O) groups is 2. The highest BCUT2D eigenvalue weighted by molar-refractivity contribution is 7.88. The first kappa shape index (κ1) is 8.13. The maximum Gasteiger partial charge on any atom is 0.410 e. The quantitative estimate of drug-likeness (QED) is 0.502. The van der Waals surface area contributed by atoms with Crippen LogP contribution in [-0.2, 0) is 4.57 Å². The van der Waals surface area contributed by atoms with Crippen molar-refractivity contribution >= 4 is 18.8 Å². The van der Waals surface area contributed by atoms with Crippen molar-refractivity contribution in [2.24, 2.45) is 0 Å². The molecule has 52 valence electrons. The van der Waals surface area contributed by atoms with E-state index in [1.165, 1.54) is 0 Å². The number of rotatable bonds is 2. The summed E-state index contributed by atoms with van der Waals surface area (Å²) in [7, 11) is -5.00. The standard InChI is InChI=1S/C2H3O6P/c3-1(4)9(7,8)2(5)6/h(H,3,4)(H,5,6)(H,7,8). The molecule has 0 aliphatic rings. The normalized spacial score (nSPS) is 10.8. The third kappa shape index (κ3) is 1.51. The van der Waals surface area contributed by atoms with E-state index in [0.29, 0.717) is 0 Å². The molecule has 0 aromatic rings. The molecule has 7 heteroatoms. The first-order valence-corrected chi connectivity index (χ1v) is 3.34. The Bertz CT molecular complexity index is 175. The third-order valence-corrected chi connectivity index (χ3v) is 1.56. The molecule has 0 fully saturated rings. The molecule has 0 saturated carbocycles. The van der Waals surface area contributed by atoms with E-state index in [2.05, 4.69) is 0 Å². The van der Waals surface area contributed by atoms with Crippen LogP contribution in [0.1, 0.15) is 0 Å². The van der Waals surface area contributed by atoms with E-state index in [1.807, 2.05) is 0 Å². The van der Waals surface area contributed by atoms with Crippen LogP contribution in [0.2, 0.25) is 0 Å². The molecule has 0 atom stereocenters. The molecular formula is C2H3O6P. The molecule has 0 heterocycles. The average molecular weight is 154 g/mol. The zero-order valence-corrected chi connectivity index (χ0v) is 4.91. The van der Waals surface area contributed by atoms with Gasteiger partial charge < -0.3 is 15.1 Å². The van der Waals surface area contributed by atoms with Gasteiger partial charge in [-0.15, -0.1) is 0 Å². The summed E-state index contributed by atoms with van der Waals surface area (Å²) in [6.07, 6.45) is 0. The highest BCUT2D eigenvalue weighted by Gasteiger charge is 2.37. The molecule has 0 spiro atoms. The van der Waals surface area contributed by atoms with Crippen LogP contribution >= 0.6 is 7.37 Å². The lowest BCUT2D eigenvalue weighted by molar-refractivity contribution is 0.205. The Labute approximate surface area is 49.2 Å². The summed E-state index contributed by atoms with van der Waals surface area (Å²) < 4.78 is 9.97. The van der Waals surface area contributed by atoms with Gasteiger partial charge in [0, 0.05) is 0 Å². The Kier molecular flexibility index (Phi) is 1.95. The van der Waals surface area contributed by atoms with Gasteiger partial charge >= 0.3 is 18.8 Å². The fourth-order valence-corrected chi connectivity index (χ4v) is 0.245. The number of hydrogen-bond acceptors (Lipinski definition) is 3. The van der Waals surface area contributed by atoms with E-state index in [4.69, 9.17) is 15.1 Å². The molecule has 0 aliphatic carbocycles.